The minimum Gasteiger partial charge on any atom is -0.363 e. The van der Waals surface area contributed by atoms with Gasteiger partial charge >= 0.3 is 0 Å². The first kappa shape index (κ1) is 8.38. The molecule has 13 heavy (non-hydrogen) atoms. The highest BCUT2D eigenvalue weighted by molar-refractivity contribution is 6.14. The van der Waals surface area contributed by atoms with Gasteiger partial charge in [0.2, 0.25) is 5.95 Å². The standard InChI is InChI=1S/C9H8ClFN2/c10-13-8(11)6-12-9(13)7-4-2-1-3-5-7/h1-6,9,12H. The summed E-state index contributed by atoms with van der Waals surface area (Å²) in [6, 6.07) is 9.45. The van der Waals surface area contributed by atoms with E-state index < -0.39 is 5.95 Å². The maximum atomic E-state index is 12.8. The summed E-state index contributed by atoms with van der Waals surface area (Å²) in [5.41, 5.74) is 0.932. The number of nitrogens with one attached hydrogen (secondary N) is 1. The van der Waals surface area contributed by atoms with Gasteiger partial charge in [0.05, 0.1) is 6.20 Å². The number of halogens is 2. The highest BCUT2D eigenvalue weighted by Crippen LogP contribution is 2.29. The lowest BCUT2D eigenvalue weighted by Crippen LogP contribution is -2.20. The third kappa shape index (κ3) is 1.47. The lowest BCUT2D eigenvalue weighted by Gasteiger charge is -2.18. The number of rotatable bonds is 1. The Balaban J connectivity index is 2.22. The Kier molecular flexibility index (Phi) is 2.10. The van der Waals surface area contributed by atoms with E-state index in [1.807, 2.05) is 30.3 Å². The van der Waals surface area contributed by atoms with Crippen LogP contribution in [0.25, 0.3) is 0 Å². The Hall–Kier alpha value is -1.22. The number of hydrogen-bond donors (Lipinski definition) is 1. The maximum Gasteiger partial charge on any atom is 0.222 e. The Bertz CT molecular complexity index is 326. The van der Waals surface area contributed by atoms with Gasteiger partial charge in [0.1, 0.15) is 6.17 Å². The fourth-order valence-electron chi connectivity index (χ4n) is 1.26. The van der Waals surface area contributed by atoms with Crippen LogP contribution >= 0.6 is 11.8 Å². The van der Waals surface area contributed by atoms with Crippen molar-refractivity contribution in [2.75, 3.05) is 0 Å². The molecule has 0 bridgehead atoms. The molecule has 0 spiro atoms. The molecule has 1 aliphatic heterocycles. The van der Waals surface area contributed by atoms with Crippen LogP contribution in [0.4, 0.5) is 4.39 Å². The molecule has 2 nitrogen and oxygen atoms in total. The maximum absolute atomic E-state index is 12.8. The molecule has 0 aliphatic carbocycles. The SMILES string of the molecule is FC1=CNC(c2ccccc2)N1Cl. The van der Waals surface area contributed by atoms with Gasteiger partial charge in [0.15, 0.2) is 0 Å². The molecule has 1 aromatic rings. The molecule has 1 aromatic carbocycles. The van der Waals surface area contributed by atoms with Crippen LogP contribution in [0.15, 0.2) is 42.5 Å². The van der Waals surface area contributed by atoms with Crippen LogP contribution in [0, 0.1) is 0 Å². The van der Waals surface area contributed by atoms with Crippen molar-refractivity contribution in [2.45, 2.75) is 6.17 Å². The lowest BCUT2D eigenvalue weighted by molar-refractivity contribution is 0.351. The topological polar surface area (TPSA) is 15.3 Å². The lowest BCUT2D eigenvalue weighted by atomic mass is 10.2. The van der Waals surface area contributed by atoms with Crippen LogP contribution < -0.4 is 5.32 Å². The smallest absolute Gasteiger partial charge is 0.222 e. The van der Waals surface area contributed by atoms with E-state index in [0.717, 1.165) is 9.98 Å². The summed E-state index contributed by atoms with van der Waals surface area (Å²) < 4.78 is 13.9. The predicted molar refractivity (Wildman–Crippen MR) is 49.2 cm³/mol. The molecule has 0 radical (unpaired) electrons. The minimum atomic E-state index is -0.462. The van der Waals surface area contributed by atoms with Gasteiger partial charge in [-0.3, -0.25) is 0 Å². The number of benzene rings is 1. The van der Waals surface area contributed by atoms with Crippen LogP contribution in [0.2, 0.25) is 0 Å². The second-order valence-corrected chi connectivity index (χ2v) is 3.12. The summed E-state index contributed by atoms with van der Waals surface area (Å²) in [6.45, 7) is 0. The third-order valence-electron chi connectivity index (χ3n) is 1.91. The van der Waals surface area contributed by atoms with Crippen molar-refractivity contribution in [3.63, 3.8) is 0 Å². The summed E-state index contributed by atoms with van der Waals surface area (Å²) in [4.78, 5) is 0. The zero-order valence-electron chi connectivity index (χ0n) is 6.74. The molecule has 0 amide bonds. The molecule has 68 valence electrons. The van der Waals surface area contributed by atoms with Crippen molar-refractivity contribution < 1.29 is 4.39 Å². The van der Waals surface area contributed by atoms with Crippen LogP contribution in [0.1, 0.15) is 11.7 Å². The summed E-state index contributed by atoms with van der Waals surface area (Å²) in [6.07, 6.45) is 0.952. The fraction of sp³-hybridized carbons (Fsp3) is 0.111. The zero-order chi connectivity index (χ0) is 9.26. The molecular weight excluding hydrogens is 191 g/mol. The Morgan fingerprint density at radius 2 is 2.00 bits per heavy atom. The molecular formula is C9H8ClFN2. The average molecular weight is 199 g/mol. The van der Waals surface area contributed by atoms with Crippen LogP contribution in [0.5, 0.6) is 0 Å². The summed E-state index contributed by atoms with van der Waals surface area (Å²) in [5.74, 6) is -0.462. The van der Waals surface area contributed by atoms with Crippen molar-refractivity contribution in [2.24, 2.45) is 0 Å². The molecule has 0 aromatic heterocycles. The van der Waals surface area contributed by atoms with E-state index in [0.29, 0.717) is 0 Å². The van der Waals surface area contributed by atoms with E-state index in [2.05, 4.69) is 5.32 Å². The van der Waals surface area contributed by atoms with Gasteiger partial charge in [-0.15, -0.1) is 0 Å². The normalized spacial score (nSPS) is 21.2. The van der Waals surface area contributed by atoms with Gasteiger partial charge in [-0.25, -0.2) is 4.42 Å². The van der Waals surface area contributed by atoms with Crippen molar-refractivity contribution in [3.8, 4) is 0 Å². The average Bonchev–Trinajstić information content (AvgIpc) is 2.49. The Morgan fingerprint density at radius 3 is 2.54 bits per heavy atom. The Labute approximate surface area is 80.7 Å². The van der Waals surface area contributed by atoms with Gasteiger partial charge < -0.3 is 5.32 Å². The van der Waals surface area contributed by atoms with E-state index in [1.54, 1.807) is 0 Å². The second-order valence-electron chi connectivity index (χ2n) is 2.76. The molecule has 1 unspecified atom stereocenters. The van der Waals surface area contributed by atoms with Crippen molar-refractivity contribution in [1.29, 1.82) is 0 Å². The van der Waals surface area contributed by atoms with Crippen molar-refractivity contribution in [1.82, 2.24) is 9.74 Å². The third-order valence-corrected chi connectivity index (χ3v) is 2.26. The van der Waals surface area contributed by atoms with E-state index in [4.69, 9.17) is 11.8 Å². The van der Waals surface area contributed by atoms with Gasteiger partial charge in [-0.2, -0.15) is 4.39 Å². The van der Waals surface area contributed by atoms with Gasteiger partial charge in [0.25, 0.3) is 0 Å². The highest BCUT2D eigenvalue weighted by Gasteiger charge is 2.25. The molecule has 0 saturated carbocycles. The molecule has 1 atom stereocenters. The van der Waals surface area contributed by atoms with Crippen LogP contribution in [-0.4, -0.2) is 4.42 Å². The van der Waals surface area contributed by atoms with Gasteiger partial charge in [-0.1, -0.05) is 30.3 Å². The molecule has 1 N–H and O–H groups in total. The van der Waals surface area contributed by atoms with E-state index in [9.17, 15) is 4.39 Å². The first-order chi connectivity index (χ1) is 6.29. The fourth-order valence-corrected chi connectivity index (χ4v) is 1.48. The summed E-state index contributed by atoms with van der Waals surface area (Å²) >= 11 is 5.69. The largest absolute Gasteiger partial charge is 0.363 e. The second kappa shape index (κ2) is 3.26. The monoisotopic (exact) mass is 198 g/mol. The van der Waals surface area contributed by atoms with Gasteiger partial charge in [0, 0.05) is 11.8 Å². The number of nitrogens with zero attached hydrogens (tertiary/aromatic N) is 1. The summed E-state index contributed by atoms with van der Waals surface area (Å²) in [7, 11) is 0. The van der Waals surface area contributed by atoms with Crippen molar-refractivity contribution >= 4 is 11.8 Å². The van der Waals surface area contributed by atoms with E-state index >= 15 is 0 Å². The zero-order valence-corrected chi connectivity index (χ0v) is 7.50. The van der Waals surface area contributed by atoms with Crippen LogP contribution in [-0.2, 0) is 0 Å². The highest BCUT2D eigenvalue weighted by atomic mass is 35.5. The molecule has 0 fully saturated rings. The predicted octanol–water partition coefficient (Wildman–Crippen LogP) is 2.51. The van der Waals surface area contributed by atoms with E-state index in [-0.39, 0.29) is 6.17 Å². The first-order valence-electron chi connectivity index (χ1n) is 3.91. The molecule has 4 heteroatoms. The van der Waals surface area contributed by atoms with Crippen LogP contribution in [0.3, 0.4) is 0 Å². The van der Waals surface area contributed by atoms with Crippen molar-refractivity contribution in [3.05, 3.63) is 48.0 Å². The molecule has 2 rings (SSSR count). The first-order valence-corrected chi connectivity index (χ1v) is 4.24. The molecule has 1 heterocycles. The number of hydrogen-bond acceptors (Lipinski definition) is 2. The molecule has 1 aliphatic rings. The van der Waals surface area contributed by atoms with Gasteiger partial charge in [-0.05, 0) is 5.56 Å². The molecule has 0 saturated heterocycles. The summed E-state index contributed by atoms with van der Waals surface area (Å²) in [5, 5.41) is 2.83. The Morgan fingerprint density at radius 1 is 1.31 bits per heavy atom. The quantitative estimate of drug-likeness (QED) is 0.551. The minimum absolute atomic E-state index is 0.303. The van der Waals surface area contributed by atoms with E-state index in [1.165, 1.54) is 6.20 Å².